The Morgan fingerprint density at radius 2 is 1.67 bits per heavy atom. The molecule has 33 heavy (non-hydrogen) atoms. The Kier molecular flexibility index (Phi) is 4.18. The molecule has 162 valence electrons. The first kappa shape index (κ1) is 19.7. The molecule has 0 aliphatic heterocycles. The van der Waals surface area contributed by atoms with Gasteiger partial charge in [0.2, 0.25) is 0 Å². The maximum absolute atomic E-state index is 15.0. The summed E-state index contributed by atoms with van der Waals surface area (Å²) >= 11 is 0. The molecule has 6 aromatic rings. The molecule has 4 nitrogen and oxygen atoms in total. The minimum absolute atomic E-state index is 0.104. The number of aromatic nitrogens is 3. The molecule has 0 radical (unpaired) electrons. The molecule has 0 fully saturated rings. The normalized spacial score (nSPS) is 12.2. The molecule has 3 aromatic heterocycles. The van der Waals surface area contributed by atoms with Crippen LogP contribution in [0.1, 0.15) is 26.5 Å². The van der Waals surface area contributed by atoms with Crippen LogP contribution in [0.5, 0.6) is 0 Å². The summed E-state index contributed by atoms with van der Waals surface area (Å²) < 4.78 is 23.2. The quantitative estimate of drug-likeness (QED) is 0.284. The number of furan rings is 1. The molecule has 0 aliphatic carbocycles. The van der Waals surface area contributed by atoms with E-state index in [1.807, 2.05) is 66.9 Å². The van der Waals surface area contributed by atoms with Crippen LogP contribution >= 0.6 is 0 Å². The molecule has 0 bridgehead atoms. The van der Waals surface area contributed by atoms with Gasteiger partial charge in [0.15, 0.2) is 0 Å². The Morgan fingerprint density at radius 1 is 0.909 bits per heavy atom. The first-order valence-electron chi connectivity index (χ1n) is 11.0. The lowest BCUT2D eigenvalue weighted by Gasteiger charge is -2.17. The monoisotopic (exact) mass is 435 g/mol. The minimum atomic E-state index is -0.308. The van der Waals surface area contributed by atoms with E-state index in [4.69, 9.17) is 14.4 Å². The summed E-state index contributed by atoms with van der Waals surface area (Å²) in [5, 5.41) is 1.23. The molecule has 0 aliphatic rings. The number of para-hydroxylation sites is 2. The lowest BCUT2D eigenvalue weighted by molar-refractivity contribution is 0.570. The molecule has 0 atom stereocenters. The molecule has 0 spiro atoms. The number of benzene rings is 3. The SMILES string of the molecule is CC(C)(C)c1cc2nc(-c3ccc(F)c4c3oc3ccccc34)n(-c3ccccc3)c2cn1. The first-order valence-corrected chi connectivity index (χ1v) is 11.0. The largest absolute Gasteiger partial charge is 0.455 e. The number of rotatable bonds is 2. The van der Waals surface area contributed by atoms with Crippen molar-refractivity contribution in [1.82, 2.24) is 14.5 Å². The van der Waals surface area contributed by atoms with Gasteiger partial charge in [-0.15, -0.1) is 0 Å². The highest BCUT2D eigenvalue weighted by atomic mass is 19.1. The Morgan fingerprint density at radius 3 is 2.45 bits per heavy atom. The highest BCUT2D eigenvalue weighted by molar-refractivity contribution is 6.09. The van der Waals surface area contributed by atoms with E-state index in [1.165, 1.54) is 6.07 Å². The molecule has 0 amide bonds. The van der Waals surface area contributed by atoms with Crippen molar-refractivity contribution in [3.63, 3.8) is 0 Å². The number of pyridine rings is 1. The van der Waals surface area contributed by atoms with Crippen molar-refractivity contribution in [2.24, 2.45) is 0 Å². The average Bonchev–Trinajstić information content (AvgIpc) is 3.38. The lowest BCUT2D eigenvalue weighted by Crippen LogP contribution is -2.13. The van der Waals surface area contributed by atoms with Crippen LogP contribution in [0.2, 0.25) is 0 Å². The third-order valence-electron chi connectivity index (χ3n) is 6.04. The predicted octanol–water partition coefficient (Wildman–Crippen LogP) is 7.42. The average molecular weight is 436 g/mol. The molecule has 3 heterocycles. The van der Waals surface area contributed by atoms with Crippen LogP contribution in [-0.2, 0) is 5.41 Å². The zero-order chi connectivity index (χ0) is 22.7. The molecule has 0 saturated carbocycles. The summed E-state index contributed by atoms with van der Waals surface area (Å²) in [5.74, 6) is 0.380. The molecular formula is C28H22FN3O. The molecule has 5 heteroatoms. The fourth-order valence-electron chi connectivity index (χ4n) is 4.37. The van der Waals surface area contributed by atoms with Crippen molar-refractivity contribution in [3.8, 4) is 17.1 Å². The topological polar surface area (TPSA) is 43.9 Å². The highest BCUT2D eigenvalue weighted by Gasteiger charge is 2.23. The van der Waals surface area contributed by atoms with Crippen molar-refractivity contribution in [1.29, 1.82) is 0 Å². The Hall–Kier alpha value is -3.99. The lowest BCUT2D eigenvalue weighted by atomic mass is 9.91. The van der Waals surface area contributed by atoms with E-state index in [9.17, 15) is 4.39 Å². The van der Waals surface area contributed by atoms with Crippen LogP contribution in [0, 0.1) is 5.82 Å². The molecule has 6 rings (SSSR count). The van der Waals surface area contributed by atoms with Crippen molar-refractivity contribution in [2.75, 3.05) is 0 Å². The van der Waals surface area contributed by atoms with Crippen LogP contribution < -0.4 is 0 Å². The van der Waals surface area contributed by atoms with E-state index < -0.39 is 0 Å². The second-order valence-corrected chi connectivity index (χ2v) is 9.31. The summed E-state index contributed by atoms with van der Waals surface area (Å²) in [6.45, 7) is 6.40. The Bertz CT molecular complexity index is 1660. The van der Waals surface area contributed by atoms with Gasteiger partial charge in [0.25, 0.3) is 0 Å². The van der Waals surface area contributed by atoms with E-state index in [2.05, 4.69) is 25.3 Å². The van der Waals surface area contributed by atoms with E-state index in [0.717, 1.165) is 33.4 Å². The summed E-state index contributed by atoms with van der Waals surface area (Å²) in [7, 11) is 0. The van der Waals surface area contributed by atoms with Gasteiger partial charge in [-0.25, -0.2) is 9.37 Å². The maximum Gasteiger partial charge on any atom is 0.149 e. The van der Waals surface area contributed by atoms with E-state index in [0.29, 0.717) is 22.4 Å². The van der Waals surface area contributed by atoms with Crippen molar-refractivity contribution < 1.29 is 8.81 Å². The second kappa shape index (κ2) is 7.01. The molecule has 0 N–H and O–H groups in total. The number of imidazole rings is 1. The summed E-state index contributed by atoms with van der Waals surface area (Å²) in [4.78, 5) is 9.76. The minimum Gasteiger partial charge on any atom is -0.455 e. The van der Waals surface area contributed by atoms with Crippen LogP contribution in [0.25, 0.3) is 50.0 Å². The zero-order valence-corrected chi connectivity index (χ0v) is 18.6. The van der Waals surface area contributed by atoms with Gasteiger partial charge in [-0.1, -0.05) is 57.2 Å². The van der Waals surface area contributed by atoms with Gasteiger partial charge < -0.3 is 4.42 Å². The van der Waals surface area contributed by atoms with Gasteiger partial charge in [-0.05, 0) is 36.4 Å². The number of fused-ring (bicyclic) bond motifs is 4. The fourth-order valence-corrected chi connectivity index (χ4v) is 4.37. The van der Waals surface area contributed by atoms with E-state index in [-0.39, 0.29) is 11.2 Å². The molecule has 3 aromatic carbocycles. The number of halogens is 1. The van der Waals surface area contributed by atoms with Crippen molar-refractivity contribution in [2.45, 2.75) is 26.2 Å². The smallest absolute Gasteiger partial charge is 0.149 e. The number of nitrogens with zero attached hydrogens (tertiary/aromatic N) is 3. The van der Waals surface area contributed by atoms with Crippen LogP contribution in [-0.4, -0.2) is 14.5 Å². The Balaban J connectivity index is 1.72. The van der Waals surface area contributed by atoms with E-state index >= 15 is 0 Å². The molecule has 0 unspecified atom stereocenters. The van der Waals surface area contributed by atoms with Gasteiger partial charge in [-0.2, -0.15) is 0 Å². The fraction of sp³-hybridized carbons (Fsp3) is 0.143. The Labute approximate surface area is 190 Å². The van der Waals surface area contributed by atoms with E-state index in [1.54, 1.807) is 6.07 Å². The van der Waals surface area contributed by atoms with Gasteiger partial charge >= 0.3 is 0 Å². The maximum atomic E-state index is 15.0. The number of hydrogen-bond donors (Lipinski definition) is 0. The van der Waals surface area contributed by atoms with Gasteiger partial charge in [-0.3, -0.25) is 9.55 Å². The van der Waals surface area contributed by atoms with Crippen LogP contribution in [0.4, 0.5) is 4.39 Å². The summed E-state index contributed by atoms with van der Waals surface area (Å²) in [6, 6.07) is 22.8. The summed E-state index contributed by atoms with van der Waals surface area (Å²) in [6.07, 6.45) is 1.87. The van der Waals surface area contributed by atoms with Crippen LogP contribution in [0.15, 0.2) is 83.4 Å². The summed E-state index contributed by atoms with van der Waals surface area (Å²) in [5.41, 5.74) is 5.42. The van der Waals surface area contributed by atoms with Gasteiger partial charge in [0, 0.05) is 22.2 Å². The predicted molar refractivity (Wildman–Crippen MR) is 130 cm³/mol. The van der Waals surface area contributed by atoms with Crippen molar-refractivity contribution in [3.05, 3.63) is 90.5 Å². The standard InChI is InChI=1S/C28H22FN3O/c1-28(2,3)24-15-21-22(16-30-24)32(17-9-5-4-6-10-17)27(31-21)19-13-14-20(29)25-18-11-7-8-12-23(18)33-26(19)25/h4-16H,1-3H3. The second-order valence-electron chi connectivity index (χ2n) is 9.31. The van der Waals surface area contributed by atoms with Gasteiger partial charge in [0.05, 0.1) is 28.2 Å². The third-order valence-corrected chi connectivity index (χ3v) is 6.04. The zero-order valence-electron chi connectivity index (χ0n) is 18.6. The van der Waals surface area contributed by atoms with Crippen molar-refractivity contribution >= 4 is 33.0 Å². The van der Waals surface area contributed by atoms with Gasteiger partial charge in [0.1, 0.15) is 22.8 Å². The number of hydrogen-bond acceptors (Lipinski definition) is 3. The first-order chi connectivity index (χ1) is 15.9. The highest BCUT2D eigenvalue weighted by Crippen LogP contribution is 2.39. The molecular weight excluding hydrogens is 413 g/mol. The molecule has 0 saturated heterocycles. The van der Waals surface area contributed by atoms with Crippen LogP contribution in [0.3, 0.4) is 0 Å². The third kappa shape index (κ3) is 3.04.